The minimum absolute atomic E-state index is 0.0123. The Hall–Kier alpha value is -2.53. The molecule has 0 saturated carbocycles. The molecular formula is C24H27ClN2O3. The maximum atomic E-state index is 13.3. The van der Waals surface area contributed by atoms with Crippen LogP contribution in [-0.4, -0.2) is 43.5 Å². The van der Waals surface area contributed by atoms with E-state index >= 15 is 0 Å². The highest BCUT2D eigenvalue weighted by Gasteiger charge is 2.32. The van der Waals surface area contributed by atoms with Gasteiger partial charge in [-0.2, -0.15) is 0 Å². The van der Waals surface area contributed by atoms with Gasteiger partial charge in [0, 0.05) is 41.8 Å². The van der Waals surface area contributed by atoms with Gasteiger partial charge in [0.25, 0.3) is 5.91 Å². The third-order valence-corrected chi connectivity index (χ3v) is 6.38. The molecule has 0 aromatic heterocycles. The first-order valence-electron chi connectivity index (χ1n) is 10.6. The fraction of sp³-hybridized carbons (Fsp3) is 0.417. The Morgan fingerprint density at radius 3 is 2.43 bits per heavy atom. The summed E-state index contributed by atoms with van der Waals surface area (Å²) in [5.41, 5.74) is 2.80. The first-order chi connectivity index (χ1) is 14.6. The minimum atomic E-state index is -0.0495. The van der Waals surface area contributed by atoms with E-state index in [1.807, 2.05) is 28.0 Å². The van der Waals surface area contributed by atoms with Crippen LogP contribution < -0.4 is 9.64 Å². The van der Waals surface area contributed by atoms with Crippen LogP contribution in [-0.2, 0) is 11.2 Å². The zero-order valence-corrected chi connectivity index (χ0v) is 18.0. The maximum absolute atomic E-state index is 13.3. The second kappa shape index (κ2) is 9.09. The van der Waals surface area contributed by atoms with Crippen molar-refractivity contribution in [2.75, 3.05) is 31.6 Å². The average Bonchev–Trinajstić information content (AvgIpc) is 3.00. The van der Waals surface area contributed by atoms with Gasteiger partial charge >= 0.3 is 0 Å². The number of nitrogens with zero attached hydrogens (tertiary/aromatic N) is 2. The molecule has 0 bridgehead atoms. The highest BCUT2D eigenvalue weighted by Crippen LogP contribution is 2.32. The van der Waals surface area contributed by atoms with Crippen LogP contribution in [0.2, 0.25) is 5.02 Å². The van der Waals surface area contributed by atoms with E-state index in [2.05, 4.69) is 0 Å². The van der Waals surface area contributed by atoms with Crippen molar-refractivity contribution in [3.63, 3.8) is 0 Å². The SMILES string of the molecule is COc1ccc(C(=O)N2CCC(C(=O)N3CCCCc4cc(Cl)ccc43)CC2)cc1. The molecule has 0 N–H and O–H groups in total. The Bertz CT molecular complexity index is 921. The first-order valence-corrected chi connectivity index (χ1v) is 11.0. The Kier molecular flexibility index (Phi) is 6.28. The summed E-state index contributed by atoms with van der Waals surface area (Å²) in [6.07, 6.45) is 4.40. The quantitative estimate of drug-likeness (QED) is 0.722. The van der Waals surface area contributed by atoms with E-state index in [1.165, 1.54) is 0 Å². The molecule has 1 saturated heterocycles. The molecule has 1 fully saturated rings. The predicted molar refractivity (Wildman–Crippen MR) is 118 cm³/mol. The lowest BCUT2D eigenvalue weighted by molar-refractivity contribution is -0.123. The summed E-state index contributed by atoms with van der Waals surface area (Å²) < 4.78 is 5.16. The number of anilines is 1. The van der Waals surface area contributed by atoms with E-state index in [0.29, 0.717) is 36.5 Å². The van der Waals surface area contributed by atoms with Crippen molar-refractivity contribution in [3.05, 3.63) is 58.6 Å². The number of rotatable bonds is 3. The molecule has 0 radical (unpaired) electrons. The van der Waals surface area contributed by atoms with Crippen LogP contribution in [0.1, 0.15) is 41.6 Å². The number of carbonyl (C=O) groups is 2. The number of carbonyl (C=O) groups excluding carboxylic acids is 2. The van der Waals surface area contributed by atoms with Crippen molar-refractivity contribution in [2.24, 2.45) is 5.92 Å². The number of hydrogen-bond donors (Lipinski definition) is 0. The molecule has 2 heterocycles. The summed E-state index contributed by atoms with van der Waals surface area (Å²) in [5, 5.41) is 0.716. The van der Waals surface area contributed by atoms with Crippen LogP contribution in [0.3, 0.4) is 0 Å². The Balaban J connectivity index is 1.41. The molecule has 30 heavy (non-hydrogen) atoms. The fourth-order valence-corrected chi connectivity index (χ4v) is 4.61. The van der Waals surface area contributed by atoms with Crippen LogP contribution in [0.5, 0.6) is 5.75 Å². The molecule has 0 spiro atoms. The number of methoxy groups -OCH3 is 1. The number of aryl methyl sites for hydroxylation is 1. The zero-order valence-electron chi connectivity index (χ0n) is 17.3. The predicted octanol–water partition coefficient (Wildman–Crippen LogP) is 4.57. The molecular weight excluding hydrogens is 400 g/mol. The van der Waals surface area contributed by atoms with Gasteiger partial charge in [-0.3, -0.25) is 9.59 Å². The molecule has 0 unspecified atom stereocenters. The van der Waals surface area contributed by atoms with Crippen LogP contribution in [0.25, 0.3) is 0 Å². The highest BCUT2D eigenvalue weighted by atomic mass is 35.5. The van der Waals surface area contributed by atoms with E-state index in [-0.39, 0.29) is 17.7 Å². The number of amides is 2. The normalized spacial score (nSPS) is 17.3. The molecule has 2 aliphatic rings. The Labute approximate surface area is 182 Å². The van der Waals surface area contributed by atoms with Crippen LogP contribution in [0.4, 0.5) is 5.69 Å². The third-order valence-electron chi connectivity index (χ3n) is 6.14. The van der Waals surface area contributed by atoms with E-state index in [1.54, 1.807) is 31.4 Å². The van der Waals surface area contributed by atoms with Gasteiger partial charge in [0.05, 0.1) is 7.11 Å². The fourth-order valence-electron chi connectivity index (χ4n) is 4.42. The molecule has 0 atom stereocenters. The van der Waals surface area contributed by atoms with E-state index in [9.17, 15) is 9.59 Å². The Morgan fingerprint density at radius 1 is 1.00 bits per heavy atom. The van der Waals surface area contributed by atoms with Gasteiger partial charge in [-0.1, -0.05) is 11.6 Å². The lowest BCUT2D eigenvalue weighted by atomic mass is 9.94. The van der Waals surface area contributed by atoms with Crippen molar-refractivity contribution in [1.82, 2.24) is 4.90 Å². The molecule has 4 rings (SSSR count). The third kappa shape index (κ3) is 4.31. The van der Waals surface area contributed by atoms with Gasteiger partial charge in [-0.05, 0) is 80.1 Å². The lowest BCUT2D eigenvalue weighted by Crippen LogP contribution is -2.44. The van der Waals surface area contributed by atoms with E-state index in [0.717, 1.165) is 42.8 Å². The molecule has 2 aromatic carbocycles. The summed E-state index contributed by atoms with van der Waals surface area (Å²) in [6.45, 7) is 1.95. The first kappa shape index (κ1) is 20.7. The van der Waals surface area contributed by atoms with Crippen LogP contribution in [0.15, 0.2) is 42.5 Å². The minimum Gasteiger partial charge on any atom is -0.497 e. The number of fused-ring (bicyclic) bond motifs is 1. The van der Waals surface area contributed by atoms with Crippen molar-refractivity contribution in [3.8, 4) is 5.75 Å². The van der Waals surface area contributed by atoms with Gasteiger partial charge in [-0.25, -0.2) is 0 Å². The van der Waals surface area contributed by atoms with Crippen molar-refractivity contribution in [1.29, 1.82) is 0 Å². The van der Waals surface area contributed by atoms with E-state index < -0.39 is 0 Å². The molecule has 5 nitrogen and oxygen atoms in total. The molecule has 6 heteroatoms. The second-order valence-electron chi connectivity index (χ2n) is 8.01. The van der Waals surface area contributed by atoms with Crippen LogP contribution >= 0.6 is 11.6 Å². The van der Waals surface area contributed by atoms with Crippen molar-refractivity contribution < 1.29 is 14.3 Å². The zero-order chi connectivity index (χ0) is 21.1. The number of ether oxygens (including phenoxy) is 1. The number of likely N-dealkylation sites (tertiary alicyclic amines) is 1. The summed E-state index contributed by atoms with van der Waals surface area (Å²) in [6, 6.07) is 13.0. The van der Waals surface area contributed by atoms with Crippen molar-refractivity contribution in [2.45, 2.75) is 32.1 Å². The van der Waals surface area contributed by atoms with Gasteiger partial charge < -0.3 is 14.5 Å². The molecule has 0 aliphatic carbocycles. The highest BCUT2D eigenvalue weighted by molar-refractivity contribution is 6.30. The van der Waals surface area contributed by atoms with Crippen molar-refractivity contribution >= 4 is 29.1 Å². The van der Waals surface area contributed by atoms with Gasteiger partial charge in [0.2, 0.25) is 5.91 Å². The van der Waals surface area contributed by atoms with Gasteiger partial charge in [0.1, 0.15) is 5.75 Å². The molecule has 2 amide bonds. The van der Waals surface area contributed by atoms with Gasteiger partial charge in [0.15, 0.2) is 0 Å². The Morgan fingerprint density at radius 2 is 1.73 bits per heavy atom. The number of benzene rings is 2. The lowest BCUT2D eigenvalue weighted by Gasteiger charge is -2.34. The number of halogens is 1. The van der Waals surface area contributed by atoms with Crippen LogP contribution in [0, 0.1) is 5.92 Å². The monoisotopic (exact) mass is 426 g/mol. The molecule has 158 valence electrons. The largest absolute Gasteiger partial charge is 0.497 e. The van der Waals surface area contributed by atoms with Gasteiger partial charge in [-0.15, -0.1) is 0 Å². The standard InChI is InChI=1S/C24H27ClN2O3/c1-30-21-8-5-17(6-9-21)23(28)26-14-11-18(12-15-26)24(29)27-13-3-2-4-19-16-20(25)7-10-22(19)27/h5-10,16,18H,2-4,11-15H2,1H3. The molecule has 2 aromatic rings. The summed E-state index contributed by atoms with van der Waals surface area (Å²) >= 11 is 6.17. The summed E-state index contributed by atoms with van der Waals surface area (Å²) in [4.78, 5) is 29.9. The maximum Gasteiger partial charge on any atom is 0.253 e. The summed E-state index contributed by atoms with van der Waals surface area (Å²) in [7, 11) is 1.61. The smallest absolute Gasteiger partial charge is 0.253 e. The molecule has 2 aliphatic heterocycles. The average molecular weight is 427 g/mol. The summed E-state index contributed by atoms with van der Waals surface area (Å²) in [5.74, 6) is 0.872. The second-order valence-corrected chi connectivity index (χ2v) is 8.45. The topological polar surface area (TPSA) is 49.9 Å². The number of piperidine rings is 1. The number of hydrogen-bond acceptors (Lipinski definition) is 3. The van der Waals surface area contributed by atoms with E-state index in [4.69, 9.17) is 16.3 Å².